The van der Waals surface area contributed by atoms with Crippen LogP contribution in [0.25, 0.3) is 0 Å². The molecule has 11 heavy (non-hydrogen) atoms. The number of hydrogen-bond donors (Lipinski definition) is 0. The molecule has 2 heteroatoms. The van der Waals surface area contributed by atoms with Gasteiger partial charge in [-0.1, -0.05) is 44.9 Å². The van der Waals surface area contributed by atoms with Crippen molar-refractivity contribution in [3.8, 4) is 0 Å². The first kappa shape index (κ1) is 11.5. The van der Waals surface area contributed by atoms with Gasteiger partial charge in [0.2, 0.25) is 0 Å². The number of halogens is 1. The van der Waals surface area contributed by atoms with E-state index in [-0.39, 0.29) is 0 Å². The average molecular weight is 193 g/mol. The van der Waals surface area contributed by atoms with Crippen LogP contribution in [0, 0.1) is 0 Å². The highest BCUT2D eigenvalue weighted by Gasteiger charge is 2.25. The molecule has 0 aliphatic carbocycles. The van der Waals surface area contributed by atoms with Crippen LogP contribution >= 0.6 is 11.6 Å². The predicted molar refractivity (Wildman–Crippen MR) is 57.3 cm³/mol. The molecule has 0 aliphatic heterocycles. The zero-order valence-electron chi connectivity index (χ0n) is 8.12. The molecule has 0 radical (unpaired) electrons. The fourth-order valence-electron chi connectivity index (χ4n) is 1.72. The van der Waals surface area contributed by atoms with E-state index in [1.165, 1.54) is 30.6 Å². The summed E-state index contributed by atoms with van der Waals surface area (Å²) >= 11 is 5.70. The van der Waals surface area contributed by atoms with Gasteiger partial charge in [0.05, 0.1) is 8.07 Å². The molecule has 0 unspecified atom stereocenters. The third-order valence-corrected chi connectivity index (χ3v) is 9.27. The van der Waals surface area contributed by atoms with Gasteiger partial charge >= 0.3 is 0 Å². The van der Waals surface area contributed by atoms with Crippen LogP contribution in [0.15, 0.2) is 0 Å². The van der Waals surface area contributed by atoms with Gasteiger partial charge in [0, 0.05) is 5.88 Å². The minimum Gasteiger partial charge on any atom is -0.127 e. The second-order valence-corrected chi connectivity index (χ2v) is 9.35. The Hall–Kier alpha value is 0.507. The Bertz CT molecular complexity index is 81.3. The van der Waals surface area contributed by atoms with Crippen molar-refractivity contribution in [1.82, 2.24) is 0 Å². The third kappa shape index (κ3) is 3.61. The quantitative estimate of drug-likeness (QED) is 0.439. The molecular formula is C9H21ClSi. The zero-order chi connectivity index (χ0) is 8.74. The van der Waals surface area contributed by atoms with Gasteiger partial charge in [-0.25, -0.2) is 0 Å². The second kappa shape index (κ2) is 6.07. The lowest BCUT2D eigenvalue weighted by Crippen LogP contribution is -2.30. The van der Waals surface area contributed by atoms with Gasteiger partial charge in [0.25, 0.3) is 0 Å². The van der Waals surface area contributed by atoms with E-state index in [0.29, 0.717) is 0 Å². The second-order valence-electron chi connectivity index (χ2n) is 3.35. The largest absolute Gasteiger partial charge is 0.127 e. The third-order valence-electron chi connectivity index (χ3n) is 3.09. The van der Waals surface area contributed by atoms with E-state index in [4.69, 9.17) is 11.6 Å². The molecule has 0 atom stereocenters. The summed E-state index contributed by atoms with van der Waals surface area (Å²) in [5.41, 5.74) is 0. The standard InChI is InChI=1S/C9H21ClSi/c1-4-11(5-2,6-3)9-7-8-10/h4-9H2,1-3H3. The van der Waals surface area contributed by atoms with Gasteiger partial charge in [0.15, 0.2) is 0 Å². The maximum absolute atomic E-state index is 5.70. The van der Waals surface area contributed by atoms with Gasteiger partial charge in [-0.2, -0.15) is 0 Å². The molecule has 0 aromatic carbocycles. The molecule has 0 aliphatic rings. The molecule has 0 N–H and O–H groups in total. The summed E-state index contributed by atoms with van der Waals surface area (Å²) in [5.74, 6) is 0.856. The van der Waals surface area contributed by atoms with E-state index in [1.807, 2.05) is 0 Å². The maximum atomic E-state index is 5.70. The summed E-state index contributed by atoms with van der Waals surface area (Å²) in [6.07, 6.45) is 1.24. The van der Waals surface area contributed by atoms with Crippen LogP contribution in [0.2, 0.25) is 24.2 Å². The molecule has 0 saturated heterocycles. The van der Waals surface area contributed by atoms with E-state index in [0.717, 1.165) is 5.88 Å². The molecule has 0 heterocycles. The van der Waals surface area contributed by atoms with E-state index < -0.39 is 8.07 Å². The molecule has 0 saturated carbocycles. The van der Waals surface area contributed by atoms with Gasteiger partial charge in [0.1, 0.15) is 0 Å². The SMILES string of the molecule is CC[Si](CC)(CC)CCCCl. The van der Waals surface area contributed by atoms with Crippen LogP contribution in [0.3, 0.4) is 0 Å². The van der Waals surface area contributed by atoms with Crippen molar-refractivity contribution in [2.45, 2.75) is 51.4 Å². The van der Waals surface area contributed by atoms with Crippen molar-refractivity contribution < 1.29 is 0 Å². The Morgan fingerprint density at radius 1 is 1.00 bits per heavy atom. The Kier molecular flexibility index (Phi) is 6.35. The smallest absolute Gasteiger partial charge is 0.0528 e. The molecule has 0 bridgehead atoms. The lowest BCUT2D eigenvalue weighted by molar-refractivity contribution is 0.996. The van der Waals surface area contributed by atoms with E-state index in [2.05, 4.69) is 20.8 Å². The minimum absolute atomic E-state index is 0.823. The van der Waals surface area contributed by atoms with Crippen molar-refractivity contribution >= 4 is 19.7 Å². The Labute approximate surface area is 77.3 Å². The molecule has 0 spiro atoms. The van der Waals surface area contributed by atoms with Crippen LogP contribution in [-0.2, 0) is 0 Å². The summed E-state index contributed by atoms with van der Waals surface area (Å²) in [6, 6.07) is 5.77. The Balaban J connectivity index is 3.84. The highest BCUT2D eigenvalue weighted by atomic mass is 35.5. The lowest BCUT2D eigenvalue weighted by Gasteiger charge is -2.27. The van der Waals surface area contributed by atoms with E-state index in [9.17, 15) is 0 Å². The summed E-state index contributed by atoms with van der Waals surface area (Å²) in [7, 11) is -0.823. The molecule has 0 fully saturated rings. The first-order valence-electron chi connectivity index (χ1n) is 4.80. The molecule has 0 aromatic rings. The van der Waals surface area contributed by atoms with Crippen molar-refractivity contribution in [3.63, 3.8) is 0 Å². The zero-order valence-corrected chi connectivity index (χ0v) is 9.88. The topological polar surface area (TPSA) is 0 Å². The van der Waals surface area contributed by atoms with Crippen LogP contribution < -0.4 is 0 Å². The first-order valence-corrected chi connectivity index (χ1v) is 8.17. The Morgan fingerprint density at radius 3 is 1.73 bits per heavy atom. The van der Waals surface area contributed by atoms with Crippen molar-refractivity contribution in [1.29, 1.82) is 0 Å². The Morgan fingerprint density at radius 2 is 1.45 bits per heavy atom. The van der Waals surface area contributed by atoms with Crippen LogP contribution in [0.1, 0.15) is 27.2 Å². The van der Waals surface area contributed by atoms with Crippen molar-refractivity contribution in [2.75, 3.05) is 5.88 Å². The predicted octanol–water partition coefficient (Wildman–Crippen LogP) is 4.12. The fraction of sp³-hybridized carbons (Fsp3) is 1.00. The van der Waals surface area contributed by atoms with Crippen molar-refractivity contribution in [3.05, 3.63) is 0 Å². The van der Waals surface area contributed by atoms with Gasteiger partial charge < -0.3 is 0 Å². The van der Waals surface area contributed by atoms with Crippen LogP contribution in [0.5, 0.6) is 0 Å². The first-order chi connectivity index (χ1) is 5.24. The van der Waals surface area contributed by atoms with Crippen LogP contribution in [0.4, 0.5) is 0 Å². The summed E-state index contributed by atoms with van der Waals surface area (Å²) in [4.78, 5) is 0. The van der Waals surface area contributed by atoms with Crippen LogP contribution in [-0.4, -0.2) is 14.0 Å². The van der Waals surface area contributed by atoms with Gasteiger partial charge in [-0.15, -0.1) is 11.6 Å². The molecule has 0 aromatic heterocycles. The normalized spacial score (nSPS) is 12.0. The number of rotatable bonds is 6. The molecule has 0 rings (SSSR count). The number of hydrogen-bond acceptors (Lipinski definition) is 0. The van der Waals surface area contributed by atoms with E-state index >= 15 is 0 Å². The fourth-order valence-corrected chi connectivity index (χ4v) is 5.57. The highest BCUT2D eigenvalue weighted by Crippen LogP contribution is 2.26. The highest BCUT2D eigenvalue weighted by molar-refractivity contribution is 6.79. The summed E-state index contributed by atoms with van der Waals surface area (Å²) < 4.78 is 0. The van der Waals surface area contributed by atoms with E-state index in [1.54, 1.807) is 0 Å². The molecule has 0 nitrogen and oxygen atoms in total. The van der Waals surface area contributed by atoms with Gasteiger partial charge in [-0.05, 0) is 6.42 Å². The molecule has 68 valence electrons. The molecule has 0 amide bonds. The monoisotopic (exact) mass is 192 g/mol. The van der Waals surface area contributed by atoms with Crippen molar-refractivity contribution in [2.24, 2.45) is 0 Å². The minimum atomic E-state index is -0.823. The molecular weight excluding hydrogens is 172 g/mol. The van der Waals surface area contributed by atoms with Gasteiger partial charge in [-0.3, -0.25) is 0 Å². The lowest BCUT2D eigenvalue weighted by atomic mass is 10.6. The summed E-state index contributed by atoms with van der Waals surface area (Å²) in [5, 5.41) is 0. The summed E-state index contributed by atoms with van der Waals surface area (Å²) in [6.45, 7) is 7.06. The average Bonchev–Trinajstić information content (AvgIpc) is 2.08. The number of alkyl halides is 1. The maximum Gasteiger partial charge on any atom is 0.0528 e.